The van der Waals surface area contributed by atoms with E-state index in [0.717, 1.165) is 5.01 Å². The number of nitrogens with zero attached hydrogens (tertiary/aromatic N) is 3. The molecule has 2 N–H and O–H groups in total. The second kappa shape index (κ2) is 6.38. The summed E-state index contributed by atoms with van der Waals surface area (Å²) < 4.78 is 5.26. The third-order valence-corrected chi connectivity index (χ3v) is 4.91. The SMILES string of the molecule is Cc1ccccc1SCc1noc(-c2csc(CN)n2)n1. The Morgan fingerprint density at radius 2 is 2.14 bits per heavy atom. The van der Waals surface area contributed by atoms with E-state index in [1.54, 1.807) is 11.8 Å². The van der Waals surface area contributed by atoms with Crippen LogP contribution in [-0.2, 0) is 12.3 Å². The van der Waals surface area contributed by atoms with Crippen molar-refractivity contribution >= 4 is 23.1 Å². The lowest BCUT2D eigenvalue weighted by Crippen LogP contribution is -1.94. The topological polar surface area (TPSA) is 77.8 Å². The van der Waals surface area contributed by atoms with Crippen LogP contribution in [0.2, 0.25) is 0 Å². The Kier molecular flexibility index (Phi) is 4.33. The Balaban J connectivity index is 1.69. The fourth-order valence-corrected chi connectivity index (χ4v) is 3.30. The van der Waals surface area contributed by atoms with Crippen LogP contribution in [0.4, 0.5) is 0 Å². The van der Waals surface area contributed by atoms with Crippen molar-refractivity contribution in [3.63, 3.8) is 0 Å². The van der Waals surface area contributed by atoms with Gasteiger partial charge in [0.1, 0.15) is 10.7 Å². The summed E-state index contributed by atoms with van der Waals surface area (Å²) in [4.78, 5) is 9.94. The van der Waals surface area contributed by atoms with Crippen molar-refractivity contribution in [1.29, 1.82) is 0 Å². The number of aryl methyl sites for hydroxylation is 1. The van der Waals surface area contributed by atoms with Crippen molar-refractivity contribution in [3.8, 4) is 11.6 Å². The Labute approximate surface area is 130 Å². The van der Waals surface area contributed by atoms with Gasteiger partial charge in [-0.3, -0.25) is 0 Å². The molecule has 3 aromatic rings. The number of nitrogens with two attached hydrogens (primary N) is 1. The van der Waals surface area contributed by atoms with Crippen molar-refractivity contribution < 1.29 is 4.52 Å². The maximum atomic E-state index is 5.55. The molecular formula is C14H14N4OS2. The summed E-state index contributed by atoms with van der Waals surface area (Å²) in [5.41, 5.74) is 7.49. The smallest absolute Gasteiger partial charge is 0.277 e. The Morgan fingerprint density at radius 1 is 1.29 bits per heavy atom. The van der Waals surface area contributed by atoms with Gasteiger partial charge in [-0.25, -0.2) is 4.98 Å². The summed E-state index contributed by atoms with van der Waals surface area (Å²) in [6.45, 7) is 2.52. The lowest BCUT2D eigenvalue weighted by Gasteiger charge is -2.01. The van der Waals surface area contributed by atoms with Gasteiger partial charge in [0.2, 0.25) is 0 Å². The van der Waals surface area contributed by atoms with Crippen LogP contribution < -0.4 is 5.73 Å². The van der Waals surface area contributed by atoms with E-state index < -0.39 is 0 Å². The standard InChI is InChI=1S/C14H14N4OS2/c1-9-4-2-3-5-11(9)20-8-12-17-14(19-18-12)10-7-21-13(6-15)16-10/h2-5,7H,6,8,15H2,1H3. The second-order valence-corrected chi connectivity index (χ2v) is 6.36. The van der Waals surface area contributed by atoms with Gasteiger partial charge in [0.25, 0.3) is 5.89 Å². The molecule has 0 atom stereocenters. The minimum absolute atomic E-state index is 0.425. The fraction of sp³-hybridized carbons (Fsp3) is 0.214. The minimum Gasteiger partial charge on any atom is -0.332 e. The van der Waals surface area contributed by atoms with Crippen LogP contribution in [0.15, 0.2) is 39.1 Å². The van der Waals surface area contributed by atoms with E-state index in [1.807, 2.05) is 17.5 Å². The molecule has 2 heterocycles. The average Bonchev–Trinajstić information content (AvgIpc) is 3.15. The molecule has 108 valence electrons. The van der Waals surface area contributed by atoms with Gasteiger partial charge in [-0.1, -0.05) is 23.4 Å². The first-order chi connectivity index (χ1) is 10.3. The van der Waals surface area contributed by atoms with Crippen LogP contribution in [-0.4, -0.2) is 15.1 Å². The molecule has 0 amide bonds. The fourth-order valence-electron chi connectivity index (χ4n) is 1.78. The van der Waals surface area contributed by atoms with Crippen LogP contribution in [0.25, 0.3) is 11.6 Å². The number of rotatable bonds is 5. The van der Waals surface area contributed by atoms with Crippen molar-refractivity contribution in [3.05, 3.63) is 46.0 Å². The van der Waals surface area contributed by atoms with Crippen LogP contribution in [0.5, 0.6) is 0 Å². The van der Waals surface area contributed by atoms with E-state index >= 15 is 0 Å². The number of thioether (sulfide) groups is 1. The van der Waals surface area contributed by atoms with Gasteiger partial charge in [0, 0.05) is 16.8 Å². The maximum Gasteiger partial charge on any atom is 0.277 e. The van der Waals surface area contributed by atoms with E-state index in [4.69, 9.17) is 10.3 Å². The average molecular weight is 318 g/mol. The third-order valence-electron chi connectivity index (χ3n) is 2.86. The molecule has 0 spiro atoms. The van der Waals surface area contributed by atoms with Crippen molar-refractivity contribution in [2.45, 2.75) is 24.1 Å². The summed E-state index contributed by atoms with van der Waals surface area (Å²) in [5, 5.41) is 6.74. The highest BCUT2D eigenvalue weighted by molar-refractivity contribution is 7.98. The highest BCUT2D eigenvalue weighted by Gasteiger charge is 2.12. The monoisotopic (exact) mass is 318 g/mol. The van der Waals surface area contributed by atoms with E-state index in [1.165, 1.54) is 21.8 Å². The lowest BCUT2D eigenvalue weighted by atomic mass is 10.2. The van der Waals surface area contributed by atoms with Crippen LogP contribution in [0.1, 0.15) is 16.4 Å². The molecule has 0 radical (unpaired) electrons. The molecule has 21 heavy (non-hydrogen) atoms. The molecule has 3 rings (SSSR count). The zero-order valence-electron chi connectivity index (χ0n) is 11.4. The number of hydrogen-bond acceptors (Lipinski definition) is 7. The molecule has 0 unspecified atom stereocenters. The molecule has 0 aliphatic heterocycles. The van der Waals surface area contributed by atoms with E-state index in [9.17, 15) is 0 Å². The second-order valence-electron chi connectivity index (χ2n) is 4.40. The van der Waals surface area contributed by atoms with Crippen LogP contribution >= 0.6 is 23.1 Å². The van der Waals surface area contributed by atoms with Gasteiger partial charge in [-0.15, -0.1) is 23.1 Å². The van der Waals surface area contributed by atoms with Gasteiger partial charge in [-0.2, -0.15) is 4.98 Å². The van der Waals surface area contributed by atoms with Crippen LogP contribution in [0, 0.1) is 6.92 Å². The number of benzene rings is 1. The summed E-state index contributed by atoms with van der Waals surface area (Å²) >= 11 is 3.19. The third kappa shape index (κ3) is 3.31. The van der Waals surface area contributed by atoms with E-state index in [0.29, 0.717) is 29.7 Å². The Morgan fingerprint density at radius 3 is 2.90 bits per heavy atom. The molecule has 0 bridgehead atoms. The zero-order valence-corrected chi connectivity index (χ0v) is 13.1. The minimum atomic E-state index is 0.425. The normalized spacial score (nSPS) is 11.0. The van der Waals surface area contributed by atoms with Crippen molar-refractivity contribution in [1.82, 2.24) is 15.1 Å². The van der Waals surface area contributed by atoms with Crippen LogP contribution in [0.3, 0.4) is 0 Å². The molecule has 0 saturated carbocycles. The summed E-state index contributed by atoms with van der Waals surface area (Å²) in [7, 11) is 0. The van der Waals surface area contributed by atoms with Crippen molar-refractivity contribution in [2.75, 3.05) is 0 Å². The largest absolute Gasteiger partial charge is 0.332 e. The molecule has 2 aromatic heterocycles. The molecule has 5 nitrogen and oxygen atoms in total. The van der Waals surface area contributed by atoms with E-state index in [2.05, 4.69) is 34.2 Å². The number of aromatic nitrogens is 3. The van der Waals surface area contributed by atoms with E-state index in [-0.39, 0.29) is 0 Å². The van der Waals surface area contributed by atoms with Gasteiger partial charge >= 0.3 is 0 Å². The van der Waals surface area contributed by atoms with Gasteiger partial charge in [-0.05, 0) is 18.6 Å². The lowest BCUT2D eigenvalue weighted by molar-refractivity contribution is 0.424. The van der Waals surface area contributed by atoms with Gasteiger partial charge < -0.3 is 10.3 Å². The van der Waals surface area contributed by atoms with Gasteiger partial charge in [0.15, 0.2) is 5.82 Å². The first kappa shape index (κ1) is 14.2. The highest BCUT2D eigenvalue weighted by Crippen LogP contribution is 2.26. The van der Waals surface area contributed by atoms with Crippen molar-refractivity contribution in [2.24, 2.45) is 5.73 Å². The summed E-state index contributed by atoms with van der Waals surface area (Å²) in [6, 6.07) is 8.24. The Hall–Kier alpha value is -1.70. The first-order valence-electron chi connectivity index (χ1n) is 6.42. The summed E-state index contributed by atoms with van der Waals surface area (Å²) in [6.07, 6.45) is 0. The molecule has 0 aliphatic rings. The molecule has 0 fully saturated rings. The molecule has 7 heteroatoms. The quantitative estimate of drug-likeness (QED) is 0.728. The predicted octanol–water partition coefficient (Wildman–Crippen LogP) is 3.25. The molecule has 1 aromatic carbocycles. The predicted molar refractivity (Wildman–Crippen MR) is 84.0 cm³/mol. The summed E-state index contributed by atoms with van der Waals surface area (Å²) in [5.74, 6) is 1.79. The van der Waals surface area contributed by atoms with Gasteiger partial charge in [0.05, 0.1) is 5.75 Å². The number of hydrogen-bond donors (Lipinski definition) is 1. The molecule has 0 saturated heterocycles. The highest BCUT2D eigenvalue weighted by atomic mass is 32.2. The number of thiazole rings is 1. The first-order valence-corrected chi connectivity index (χ1v) is 8.28. The molecular weight excluding hydrogens is 304 g/mol. The zero-order chi connectivity index (χ0) is 14.7. The maximum absolute atomic E-state index is 5.55. The Bertz CT molecular complexity index is 738. The molecule has 0 aliphatic carbocycles.